The summed E-state index contributed by atoms with van der Waals surface area (Å²) in [5, 5.41) is 9.26. The molecule has 2 aromatic rings. The molecule has 1 fully saturated rings. The average Bonchev–Trinajstić information content (AvgIpc) is 3.33. The van der Waals surface area contributed by atoms with Crippen LogP contribution in [0.15, 0.2) is 42.1 Å². The summed E-state index contributed by atoms with van der Waals surface area (Å²) in [6.45, 7) is 3.97. The van der Waals surface area contributed by atoms with Gasteiger partial charge < -0.3 is 30.3 Å². The lowest BCUT2D eigenvalue weighted by Gasteiger charge is -2.25. The summed E-state index contributed by atoms with van der Waals surface area (Å²) in [5.74, 6) is -0.733. The summed E-state index contributed by atoms with van der Waals surface area (Å²) in [4.78, 5) is 60.0. The monoisotopic (exact) mass is 625 g/mol. The van der Waals surface area contributed by atoms with Crippen molar-refractivity contribution in [2.45, 2.75) is 82.5 Å². The van der Waals surface area contributed by atoms with Crippen LogP contribution in [0.5, 0.6) is 5.75 Å². The van der Waals surface area contributed by atoms with Gasteiger partial charge in [-0.1, -0.05) is 23.8 Å². The number of carbonyl (C=O) groups excluding carboxylic acids is 4. The van der Waals surface area contributed by atoms with Crippen LogP contribution in [0.1, 0.15) is 56.4 Å². The predicted molar refractivity (Wildman–Crippen MR) is 169 cm³/mol. The number of epoxide rings is 1. The zero-order chi connectivity index (χ0) is 31.9. The molecule has 4 atom stereocenters. The van der Waals surface area contributed by atoms with E-state index < -0.39 is 35.5 Å². The average molecular weight is 626 g/mol. The van der Waals surface area contributed by atoms with Crippen LogP contribution in [0, 0.1) is 0 Å². The largest absolute Gasteiger partial charge is 0.497 e. The zero-order valence-electron chi connectivity index (χ0n) is 26.1. The van der Waals surface area contributed by atoms with Gasteiger partial charge in [0.2, 0.25) is 17.7 Å². The van der Waals surface area contributed by atoms with Crippen molar-refractivity contribution in [3.05, 3.63) is 52.6 Å². The minimum Gasteiger partial charge on any atom is -0.497 e. The number of ketones is 1. The summed E-state index contributed by atoms with van der Waals surface area (Å²) < 4.78 is 10.7. The molecule has 1 aromatic carbocycles. The first-order valence-corrected chi connectivity index (χ1v) is 15.8. The molecule has 3 amide bonds. The Morgan fingerprint density at radius 2 is 1.77 bits per heavy atom. The second-order valence-electron chi connectivity index (χ2n) is 12.0. The Kier molecular flexibility index (Phi) is 11.1. The lowest BCUT2D eigenvalue weighted by Crippen LogP contribution is -2.56. The van der Waals surface area contributed by atoms with Crippen LogP contribution in [-0.4, -0.2) is 80.0 Å². The molecule has 0 spiro atoms. The van der Waals surface area contributed by atoms with Gasteiger partial charge in [-0.3, -0.25) is 19.2 Å². The van der Waals surface area contributed by atoms with Crippen LogP contribution in [-0.2, 0) is 36.8 Å². The highest BCUT2D eigenvalue weighted by atomic mass is 32.1. The molecule has 0 saturated carbocycles. The van der Waals surface area contributed by atoms with Gasteiger partial charge in [0.05, 0.1) is 31.8 Å². The van der Waals surface area contributed by atoms with E-state index in [0.717, 1.165) is 40.4 Å². The number of nitrogens with zero attached hydrogens (tertiary/aromatic N) is 2. The lowest BCUT2D eigenvalue weighted by molar-refractivity contribution is -0.133. The van der Waals surface area contributed by atoms with Gasteiger partial charge in [0.1, 0.15) is 17.8 Å². The first-order valence-electron chi connectivity index (χ1n) is 14.9. The molecule has 1 aliphatic heterocycles. The Morgan fingerprint density at radius 3 is 2.36 bits per heavy atom. The van der Waals surface area contributed by atoms with Crippen molar-refractivity contribution >= 4 is 40.0 Å². The van der Waals surface area contributed by atoms with Gasteiger partial charge in [0.25, 0.3) is 0 Å². The van der Waals surface area contributed by atoms with E-state index in [9.17, 15) is 19.2 Å². The fourth-order valence-electron chi connectivity index (χ4n) is 5.02. The normalized spacial score (nSPS) is 19.2. The summed E-state index contributed by atoms with van der Waals surface area (Å²) in [5.41, 5.74) is 1.46. The maximum Gasteiger partial charge on any atom is 0.243 e. The van der Waals surface area contributed by atoms with Crippen LogP contribution in [0.4, 0.5) is 5.13 Å². The Bertz CT molecular complexity index is 1370. The Labute approximate surface area is 262 Å². The van der Waals surface area contributed by atoms with Gasteiger partial charge in [0, 0.05) is 38.0 Å². The van der Waals surface area contributed by atoms with E-state index in [2.05, 4.69) is 27.0 Å². The topological polar surface area (TPSA) is 142 Å². The molecule has 1 saturated heterocycles. The molecular formula is C32H43N5O6S. The Morgan fingerprint density at radius 1 is 1.07 bits per heavy atom. The first-order chi connectivity index (χ1) is 20.9. The van der Waals surface area contributed by atoms with Gasteiger partial charge in [-0.25, -0.2) is 4.98 Å². The summed E-state index contributed by atoms with van der Waals surface area (Å²) in [7, 11) is 5.32. The third kappa shape index (κ3) is 9.62. The number of carbonyl (C=O) groups is 4. The third-order valence-corrected chi connectivity index (χ3v) is 8.92. The molecule has 2 heterocycles. The number of amides is 3. The van der Waals surface area contributed by atoms with Crippen molar-refractivity contribution in [2.24, 2.45) is 0 Å². The smallest absolute Gasteiger partial charge is 0.243 e. The van der Waals surface area contributed by atoms with Gasteiger partial charge >= 0.3 is 0 Å². The lowest BCUT2D eigenvalue weighted by atomic mass is 9.95. The number of methoxy groups -OCH3 is 1. The number of aromatic nitrogens is 1. The molecule has 44 heavy (non-hydrogen) atoms. The quantitative estimate of drug-likeness (QED) is 0.191. The highest BCUT2D eigenvalue weighted by molar-refractivity contribution is 7.15. The standard InChI is InChI=1S/C32H43N5O6S/c1-20(34-28(39)16-24-18-33-31(44-24)37(3)4)29(40)36-26(15-22-10-12-23(42-5)13-11-22)30(41)35-25(14-21-8-6-7-9-21)27(38)17-32(2)19-43-32/h8,10-13,18,20,25-26H,6-7,9,14-17,19H2,1-5H3,(H,34,39)(H,35,41)(H,36,40). The van der Waals surface area contributed by atoms with Crippen molar-refractivity contribution < 1.29 is 28.7 Å². The molecule has 0 radical (unpaired) electrons. The van der Waals surface area contributed by atoms with Gasteiger partial charge in [0.15, 0.2) is 10.9 Å². The Balaban J connectivity index is 1.45. The SMILES string of the molecule is COc1ccc(CC(NC(=O)C(C)NC(=O)Cc2cnc(N(C)C)s2)C(=O)NC(CC2=CCCC2)C(=O)CC2(C)CO2)cc1. The zero-order valence-corrected chi connectivity index (χ0v) is 26.9. The predicted octanol–water partition coefficient (Wildman–Crippen LogP) is 2.73. The van der Waals surface area contributed by atoms with Crippen LogP contribution in [0.25, 0.3) is 0 Å². The van der Waals surface area contributed by atoms with Crippen molar-refractivity contribution in [3.8, 4) is 5.75 Å². The number of nitrogens with one attached hydrogen (secondary N) is 3. The molecule has 238 valence electrons. The van der Waals surface area contributed by atoms with Gasteiger partial charge in [-0.2, -0.15) is 0 Å². The van der Waals surface area contributed by atoms with E-state index in [1.165, 1.54) is 11.3 Å². The molecule has 4 unspecified atom stereocenters. The fourth-order valence-corrected chi connectivity index (χ4v) is 5.86. The molecule has 2 aliphatic rings. The second-order valence-corrected chi connectivity index (χ2v) is 13.1. The van der Waals surface area contributed by atoms with Crippen LogP contribution in [0.2, 0.25) is 0 Å². The van der Waals surface area contributed by atoms with Gasteiger partial charge in [-0.05, 0) is 57.2 Å². The molecule has 4 rings (SSSR count). The van der Waals surface area contributed by atoms with E-state index in [4.69, 9.17) is 9.47 Å². The first kappa shape index (κ1) is 33.1. The Hall–Kier alpha value is -3.77. The number of Topliss-reactive ketones (excluding diaryl/α,β-unsaturated/α-hetero) is 1. The highest BCUT2D eigenvalue weighted by Crippen LogP contribution is 2.32. The van der Waals surface area contributed by atoms with E-state index in [-0.39, 0.29) is 31.0 Å². The van der Waals surface area contributed by atoms with E-state index in [0.29, 0.717) is 18.8 Å². The third-order valence-electron chi connectivity index (χ3n) is 7.75. The van der Waals surface area contributed by atoms with Gasteiger partial charge in [-0.15, -0.1) is 11.3 Å². The molecule has 12 heteroatoms. The van der Waals surface area contributed by atoms with Crippen molar-refractivity contribution in [2.75, 3.05) is 32.7 Å². The number of rotatable bonds is 16. The van der Waals surface area contributed by atoms with E-state index >= 15 is 0 Å². The van der Waals surface area contributed by atoms with E-state index in [1.807, 2.05) is 38.1 Å². The summed E-state index contributed by atoms with van der Waals surface area (Å²) >= 11 is 1.40. The number of thiazole rings is 1. The number of hydrogen-bond acceptors (Lipinski definition) is 9. The van der Waals surface area contributed by atoms with Crippen LogP contribution >= 0.6 is 11.3 Å². The van der Waals surface area contributed by atoms with Crippen molar-refractivity contribution in [1.29, 1.82) is 0 Å². The number of benzene rings is 1. The van der Waals surface area contributed by atoms with Crippen molar-refractivity contribution in [3.63, 3.8) is 0 Å². The number of allylic oxidation sites excluding steroid dienone is 1. The molecule has 1 aromatic heterocycles. The minimum absolute atomic E-state index is 0.0845. The van der Waals surface area contributed by atoms with Crippen LogP contribution < -0.4 is 25.6 Å². The van der Waals surface area contributed by atoms with E-state index in [1.54, 1.807) is 32.4 Å². The maximum absolute atomic E-state index is 13.8. The summed E-state index contributed by atoms with van der Waals surface area (Å²) in [6, 6.07) is 4.60. The molecule has 3 N–H and O–H groups in total. The molecule has 11 nitrogen and oxygen atoms in total. The fraction of sp³-hybridized carbons (Fsp3) is 0.531. The highest BCUT2D eigenvalue weighted by Gasteiger charge is 2.43. The second kappa shape index (κ2) is 14.8. The minimum atomic E-state index is -0.986. The number of hydrogen-bond donors (Lipinski definition) is 3. The molecular weight excluding hydrogens is 582 g/mol. The molecule has 0 bridgehead atoms. The maximum atomic E-state index is 13.8. The van der Waals surface area contributed by atoms with Crippen molar-refractivity contribution in [1.82, 2.24) is 20.9 Å². The molecule has 1 aliphatic carbocycles. The van der Waals surface area contributed by atoms with Crippen LogP contribution in [0.3, 0.4) is 0 Å². The number of anilines is 1. The number of ether oxygens (including phenoxy) is 2. The summed E-state index contributed by atoms with van der Waals surface area (Å²) in [6.07, 6.45) is 7.58.